The second kappa shape index (κ2) is 5.68. The Labute approximate surface area is 106 Å². The molecule has 0 aromatic rings. The van der Waals surface area contributed by atoms with Crippen LogP contribution in [0.5, 0.6) is 0 Å². The predicted octanol–water partition coefficient (Wildman–Crippen LogP) is 2.02. The van der Waals surface area contributed by atoms with Crippen LogP contribution in [0.1, 0.15) is 46.0 Å². The van der Waals surface area contributed by atoms with Gasteiger partial charge >= 0.3 is 0 Å². The third-order valence-corrected chi connectivity index (χ3v) is 4.54. The highest BCUT2D eigenvalue weighted by Gasteiger charge is 2.35. The number of rotatable bonds is 5. The zero-order valence-corrected chi connectivity index (χ0v) is 11.7. The van der Waals surface area contributed by atoms with Crippen molar-refractivity contribution >= 4 is 0 Å². The Bertz CT molecular complexity index is 242. The van der Waals surface area contributed by atoms with Crippen molar-refractivity contribution in [1.29, 1.82) is 0 Å². The zero-order chi connectivity index (χ0) is 12.3. The van der Waals surface area contributed by atoms with Crippen molar-refractivity contribution in [3.05, 3.63) is 0 Å². The first-order chi connectivity index (χ1) is 8.12. The van der Waals surface area contributed by atoms with Crippen molar-refractivity contribution < 1.29 is 4.74 Å². The fourth-order valence-electron chi connectivity index (χ4n) is 3.15. The van der Waals surface area contributed by atoms with E-state index in [1.165, 1.54) is 38.8 Å². The number of methoxy groups -OCH3 is 1. The molecule has 2 aliphatic heterocycles. The summed E-state index contributed by atoms with van der Waals surface area (Å²) in [6.45, 7) is 8.03. The Morgan fingerprint density at radius 3 is 2.82 bits per heavy atom. The van der Waals surface area contributed by atoms with E-state index < -0.39 is 0 Å². The van der Waals surface area contributed by atoms with E-state index in [9.17, 15) is 0 Å². The van der Waals surface area contributed by atoms with E-state index >= 15 is 0 Å². The summed E-state index contributed by atoms with van der Waals surface area (Å²) in [5, 5.41) is 3.75. The molecule has 0 spiro atoms. The first-order valence-electron chi connectivity index (χ1n) is 7.15. The standard InChI is InChI=1S/C14H28N2O/c1-14(2,17-3)8-9-15-12-7-11-16-10-5-4-6-13(12)16/h12-13,15H,4-11H2,1-3H3. The summed E-state index contributed by atoms with van der Waals surface area (Å²) >= 11 is 0. The lowest BCUT2D eigenvalue weighted by atomic mass is 9.98. The summed E-state index contributed by atoms with van der Waals surface area (Å²) in [5.41, 5.74) is 0.0118. The molecule has 2 rings (SSSR count). The Balaban J connectivity index is 1.73. The van der Waals surface area contributed by atoms with Gasteiger partial charge in [0.2, 0.25) is 0 Å². The second-order valence-corrected chi connectivity index (χ2v) is 6.16. The van der Waals surface area contributed by atoms with Crippen LogP contribution in [0.2, 0.25) is 0 Å². The van der Waals surface area contributed by atoms with Crippen molar-refractivity contribution in [2.24, 2.45) is 0 Å². The van der Waals surface area contributed by atoms with E-state index in [-0.39, 0.29) is 5.60 Å². The van der Waals surface area contributed by atoms with Crippen molar-refractivity contribution in [1.82, 2.24) is 10.2 Å². The molecule has 1 N–H and O–H groups in total. The topological polar surface area (TPSA) is 24.5 Å². The van der Waals surface area contributed by atoms with Gasteiger partial charge in [-0.2, -0.15) is 0 Å². The minimum absolute atomic E-state index is 0.0118. The molecular weight excluding hydrogens is 212 g/mol. The molecule has 0 aromatic carbocycles. The molecule has 0 aliphatic carbocycles. The molecular formula is C14H28N2O. The zero-order valence-electron chi connectivity index (χ0n) is 11.7. The van der Waals surface area contributed by atoms with Gasteiger partial charge in [0.25, 0.3) is 0 Å². The van der Waals surface area contributed by atoms with Crippen LogP contribution in [0.15, 0.2) is 0 Å². The molecule has 2 unspecified atom stereocenters. The number of nitrogens with one attached hydrogen (secondary N) is 1. The molecule has 2 aliphatic rings. The summed E-state index contributed by atoms with van der Waals surface area (Å²) in [5.74, 6) is 0. The SMILES string of the molecule is COC(C)(C)CCNC1CCN2CCCCC12. The molecule has 2 saturated heterocycles. The molecule has 3 nitrogen and oxygen atoms in total. The molecule has 2 atom stereocenters. The van der Waals surface area contributed by atoms with Gasteiger partial charge in [-0.1, -0.05) is 6.42 Å². The quantitative estimate of drug-likeness (QED) is 0.795. The number of piperidine rings is 1. The van der Waals surface area contributed by atoms with Crippen LogP contribution in [-0.4, -0.2) is 49.3 Å². The molecule has 0 saturated carbocycles. The molecule has 0 radical (unpaired) electrons. The lowest BCUT2D eigenvalue weighted by Gasteiger charge is -2.33. The van der Waals surface area contributed by atoms with Gasteiger partial charge in [-0.05, 0) is 52.6 Å². The van der Waals surface area contributed by atoms with Crippen LogP contribution in [-0.2, 0) is 4.74 Å². The summed E-state index contributed by atoms with van der Waals surface area (Å²) in [4.78, 5) is 2.68. The number of hydrogen-bond acceptors (Lipinski definition) is 3. The largest absolute Gasteiger partial charge is 0.379 e. The Kier molecular flexibility index (Phi) is 4.45. The summed E-state index contributed by atoms with van der Waals surface area (Å²) in [6, 6.07) is 1.54. The van der Waals surface area contributed by atoms with Gasteiger partial charge in [-0.3, -0.25) is 4.90 Å². The number of hydrogen-bond donors (Lipinski definition) is 1. The van der Waals surface area contributed by atoms with Crippen LogP contribution in [0.4, 0.5) is 0 Å². The van der Waals surface area contributed by atoms with Crippen molar-refractivity contribution in [3.8, 4) is 0 Å². The molecule has 3 heteroatoms. The van der Waals surface area contributed by atoms with Crippen LogP contribution in [0.25, 0.3) is 0 Å². The second-order valence-electron chi connectivity index (χ2n) is 6.16. The first kappa shape index (κ1) is 13.3. The fourth-order valence-corrected chi connectivity index (χ4v) is 3.15. The van der Waals surface area contributed by atoms with Gasteiger partial charge in [0.05, 0.1) is 5.60 Å². The van der Waals surface area contributed by atoms with Gasteiger partial charge < -0.3 is 10.1 Å². The van der Waals surface area contributed by atoms with Crippen molar-refractivity contribution in [2.45, 2.75) is 63.6 Å². The molecule has 2 fully saturated rings. The Morgan fingerprint density at radius 2 is 2.06 bits per heavy atom. The predicted molar refractivity (Wildman–Crippen MR) is 71.3 cm³/mol. The Hall–Kier alpha value is -0.120. The van der Waals surface area contributed by atoms with Crippen LogP contribution < -0.4 is 5.32 Å². The molecule has 100 valence electrons. The monoisotopic (exact) mass is 240 g/mol. The van der Waals surface area contributed by atoms with Gasteiger partial charge in [-0.25, -0.2) is 0 Å². The van der Waals surface area contributed by atoms with E-state index in [0.29, 0.717) is 0 Å². The van der Waals surface area contributed by atoms with E-state index in [1.807, 2.05) is 0 Å². The molecule has 2 heterocycles. The normalized spacial score (nSPS) is 30.5. The van der Waals surface area contributed by atoms with Crippen molar-refractivity contribution in [3.63, 3.8) is 0 Å². The van der Waals surface area contributed by atoms with Crippen molar-refractivity contribution in [2.75, 3.05) is 26.7 Å². The fraction of sp³-hybridized carbons (Fsp3) is 1.00. The summed E-state index contributed by atoms with van der Waals surface area (Å²) in [7, 11) is 1.80. The lowest BCUT2D eigenvalue weighted by molar-refractivity contribution is 0.0150. The maximum Gasteiger partial charge on any atom is 0.0634 e. The van der Waals surface area contributed by atoms with E-state index in [0.717, 1.165) is 25.0 Å². The van der Waals surface area contributed by atoms with Gasteiger partial charge in [0.15, 0.2) is 0 Å². The third-order valence-electron chi connectivity index (χ3n) is 4.54. The van der Waals surface area contributed by atoms with Gasteiger partial charge in [-0.15, -0.1) is 0 Å². The minimum atomic E-state index is 0.0118. The number of ether oxygens (including phenoxy) is 1. The van der Waals surface area contributed by atoms with E-state index in [2.05, 4.69) is 24.1 Å². The smallest absolute Gasteiger partial charge is 0.0634 e. The van der Waals surface area contributed by atoms with Gasteiger partial charge in [0, 0.05) is 25.7 Å². The highest BCUT2D eigenvalue weighted by molar-refractivity contribution is 4.94. The molecule has 17 heavy (non-hydrogen) atoms. The first-order valence-corrected chi connectivity index (χ1v) is 7.15. The Morgan fingerprint density at radius 1 is 1.24 bits per heavy atom. The summed E-state index contributed by atoms with van der Waals surface area (Å²) < 4.78 is 5.46. The lowest BCUT2D eigenvalue weighted by Crippen LogP contribution is -2.45. The molecule has 0 amide bonds. The van der Waals surface area contributed by atoms with E-state index in [1.54, 1.807) is 7.11 Å². The number of fused-ring (bicyclic) bond motifs is 1. The van der Waals surface area contributed by atoms with Crippen LogP contribution >= 0.6 is 0 Å². The summed E-state index contributed by atoms with van der Waals surface area (Å²) in [6.07, 6.45) is 6.64. The average molecular weight is 240 g/mol. The highest BCUT2D eigenvalue weighted by atomic mass is 16.5. The maximum absolute atomic E-state index is 5.46. The number of nitrogens with zero attached hydrogens (tertiary/aromatic N) is 1. The van der Waals surface area contributed by atoms with E-state index in [4.69, 9.17) is 4.74 Å². The average Bonchev–Trinajstić information content (AvgIpc) is 2.73. The van der Waals surface area contributed by atoms with Crippen LogP contribution in [0.3, 0.4) is 0 Å². The highest BCUT2D eigenvalue weighted by Crippen LogP contribution is 2.27. The minimum Gasteiger partial charge on any atom is -0.379 e. The van der Waals surface area contributed by atoms with Crippen LogP contribution in [0, 0.1) is 0 Å². The van der Waals surface area contributed by atoms with Gasteiger partial charge in [0.1, 0.15) is 0 Å². The molecule has 0 aromatic heterocycles. The molecule has 0 bridgehead atoms. The maximum atomic E-state index is 5.46. The third kappa shape index (κ3) is 3.43.